The van der Waals surface area contributed by atoms with Gasteiger partial charge >= 0.3 is 0 Å². The standard InChI is InChI=1S/C16H9FIN3S2/c1-2-12-13-4-6-21(23-18)15(13)8-14(17)16(12)22-11-3-5-20-10(7-11)9-19/h2-8H,1H2. The summed E-state index contributed by atoms with van der Waals surface area (Å²) in [6.45, 7) is 3.83. The minimum absolute atomic E-state index is 0.307. The molecule has 1 aromatic carbocycles. The number of fused-ring (bicyclic) bond motifs is 1. The third-order valence-corrected chi connectivity index (χ3v) is 6.10. The Morgan fingerprint density at radius 2 is 2.22 bits per heavy atom. The molecule has 2 heterocycles. The maximum atomic E-state index is 14.7. The molecule has 3 aromatic rings. The quantitative estimate of drug-likeness (QED) is 0.477. The normalized spacial score (nSPS) is 10.7. The van der Waals surface area contributed by atoms with Crippen molar-refractivity contribution in [1.29, 1.82) is 5.26 Å². The van der Waals surface area contributed by atoms with Crippen molar-refractivity contribution in [2.45, 2.75) is 9.79 Å². The third-order valence-electron chi connectivity index (χ3n) is 3.25. The summed E-state index contributed by atoms with van der Waals surface area (Å²) in [6.07, 6.45) is 5.12. The molecule has 0 amide bonds. The number of nitrogens with zero attached hydrogens (tertiary/aromatic N) is 3. The Morgan fingerprint density at radius 1 is 1.39 bits per heavy atom. The van der Waals surface area contributed by atoms with Gasteiger partial charge in [0.15, 0.2) is 0 Å². The fraction of sp³-hybridized carbons (Fsp3) is 0. The molecule has 0 aliphatic heterocycles. The topological polar surface area (TPSA) is 41.6 Å². The highest BCUT2D eigenvalue weighted by molar-refractivity contribution is 14.2. The predicted molar refractivity (Wildman–Crippen MR) is 102 cm³/mol. The highest BCUT2D eigenvalue weighted by Crippen LogP contribution is 2.39. The van der Waals surface area contributed by atoms with Crippen molar-refractivity contribution in [2.24, 2.45) is 0 Å². The van der Waals surface area contributed by atoms with Crippen LogP contribution < -0.4 is 0 Å². The van der Waals surface area contributed by atoms with E-state index in [1.165, 1.54) is 26.9 Å². The lowest BCUT2D eigenvalue weighted by Gasteiger charge is -2.10. The summed E-state index contributed by atoms with van der Waals surface area (Å²) < 4.78 is 16.6. The maximum Gasteiger partial charge on any atom is 0.141 e. The Kier molecular flexibility index (Phi) is 4.94. The molecule has 0 fully saturated rings. The van der Waals surface area contributed by atoms with Crippen LogP contribution in [0, 0.1) is 17.1 Å². The van der Waals surface area contributed by atoms with Crippen molar-refractivity contribution in [3.63, 3.8) is 0 Å². The van der Waals surface area contributed by atoms with Crippen molar-refractivity contribution in [3.8, 4) is 6.07 Å². The fourth-order valence-corrected chi connectivity index (χ4v) is 4.61. The zero-order valence-electron chi connectivity index (χ0n) is 11.7. The molecule has 0 unspecified atom stereocenters. The van der Waals surface area contributed by atoms with Crippen LogP contribution in [-0.4, -0.2) is 8.96 Å². The van der Waals surface area contributed by atoms with Gasteiger partial charge in [-0.05, 0) is 18.2 Å². The van der Waals surface area contributed by atoms with E-state index >= 15 is 0 Å². The van der Waals surface area contributed by atoms with E-state index in [0.29, 0.717) is 10.6 Å². The molecule has 3 nitrogen and oxygen atoms in total. The first-order chi connectivity index (χ1) is 11.2. The van der Waals surface area contributed by atoms with Crippen LogP contribution in [0.3, 0.4) is 0 Å². The van der Waals surface area contributed by atoms with Gasteiger partial charge in [0.25, 0.3) is 0 Å². The second kappa shape index (κ2) is 6.95. The van der Waals surface area contributed by atoms with Crippen molar-refractivity contribution in [2.75, 3.05) is 0 Å². The van der Waals surface area contributed by atoms with Gasteiger partial charge in [0.2, 0.25) is 0 Å². The summed E-state index contributed by atoms with van der Waals surface area (Å²) in [6, 6.07) is 8.88. The molecule has 0 saturated heterocycles. The van der Waals surface area contributed by atoms with Gasteiger partial charge in [-0.1, -0.05) is 24.4 Å². The molecule has 0 saturated carbocycles. The van der Waals surface area contributed by atoms with Crippen molar-refractivity contribution in [1.82, 2.24) is 8.96 Å². The molecule has 0 N–H and O–H groups in total. The largest absolute Gasteiger partial charge is 0.282 e. The van der Waals surface area contributed by atoms with Crippen molar-refractivity contribution < 1.29 is 4.39 Å². The monoisotopic (exact) mass is 453 g/mol. The minimum atomic E-state index is -0.307. The predicted octanol–water partition coefficient (Wildman–Crippen LogP) is 5.69. The highest BCUT2D eigenvalue weighted by Gasteiger charge is 2.16. The van der Waals surface area contributed by atoms with E-state index < -0.39 is 0 Å². The number of halogens is 2. The van der Waals surface area contributed by atoms with Gasteiger partial charge < -0.3 is 0 Å². The van der Waals surface area contributed by atoms with E-state index in [1.807, 2.05) is 22.3 Å². The number of nitriles is 1. The first-order valence-corrected chi connectivity index (χ1v) is 10.6. The van der Waals surface area contributed by atoms with Crippen molar-refractivity contribution in [3.05, 3.63) is 60.3 Å². The highest BCUT2D eigenvalue weighted by atomic mass is 127. The summed E-state index contributed by atoms with van der Waals surface area (Å²) in [5.41, 5.74) is 1.88. The molecule has 3 rings (SSSR count). The number of hydrogen-bond donors (Lipinski definition) is 0. The first kappa shape index (κ1) is 16.4. The Bertz CT molecular complexity index is 946. The van der Waals surface area contributed by atoms with Crippen LogP contribution in [0.25, 0.3) is 17.0 Å². The van der Waals surface area contributed by atoms with E-state index in [-0.39, 0.29) is 5.82 Å². The van der Waals surface area contributed by atoms with Gasteiger partial charge in [-0.25, -0.2) is 9.37 Å². The molecule has 2 aromatic heterocycles. The lowest BCUT2D eigenvalue weighted by Crippen LogP contribution is -1.91. The Morgan fingerprint density at radius 3 is 2.91 bits per heavy atom. The zero-order chi connectivity index (χ0) is 16.4. The summed E-state index contributed by atoms with van der Waals surface area (Å²) in [5.74, 6) is -0.307. The summed E-state index contributed by atoms with van der Waals surface area (Å²) in [5, 5.41) is 9.88. The van der Waals surface area contributed by atoms with Crippen LogP contribution in [0.15, 0.2) is 53.0 Å². The minimum Gasteiger partial charge on any atom is -0.282 e. The molecule has 0 radical (unpaired) electrons. The van der Waals surface area contributed by atoms with Gasteiger partial charge in [0.1, 0.15) is 17.6 Å². The molecular formula is C16H9FIN3S2. The number of benzene rings is 1. The Hall–Kier alpha value is -1.50. The SMILES string of the molecule is C=Cc1c(Sc2ccnc(C#N)c2)c(F)cc2c1ccn2SI. The maximum absolute atomic E-state index is 14.7. The van der Waals surface area contributed by atoms with Crippen LogP contribution in [0.5, 0.6) is 0 Å². The van der Waals surface area contributed by atoms with Crippen molar-refractivity contribution >= 4 is 59.1 Å². The fourth-order valence-electron chi connectivity index (χ4n) is 2.25. The Labute approximate surface area is 153 Å². The molecule has 0 atom stereocenters. The van der Waals surface area contributed by atoms with Gasteiger partial charge in [-0.3, -0.25) is 3.97 Å². The van der Waals surface area contributed by atoms with Crippen LogP contribution in [0.2, 0.25) is 0 Å². The molecule has 0 spiro atoms. The van der Waals surface area contributed by atoms with Crippen LogP contribution >= 0.6 is 42.1 Å². The Balaban J connectivity index is 2.15. The first-order valence-electron chi connectivity index (χ1n) is 6.47. The smallest absolute Gasteiger partial charge is 0.141 e. The molecule has 0 bridgehead atoms. The van der Waals surface area contributed by atoms with E-state index in [4.69, 9.17) is 5.26 Å². The second-order valence-electron chi connectivity index (χ2n) is 4.54. The van der Waals surface area contributed by atoms with E-state index in [1.54, 1.807) is 24.4 Å². The molecule has 114 valence electrons. The van der Waals surface area contributed by atoms with Crippen LogP contribution in [0.4, 0.5) is 4.39 Å². The lowest BCUT2D eigenvalue weighted by atomic mass is 10.1. The third kappa shape index (κ3) is 3.11. The second-order valence-corrected chi connectivity index (χ2v) is 7.34. The summed E-state index contributed by atoms with van der Waals surface area (Å²) in [7, 11) is 1.48. The zero-order valence-corrected chi connectivity index (χ0v) is 15.5. The molecule has 0 aliphatic rings. The average molecular weight is 453 g/mol. The number of pyridine rings is 1. The summed E-state index contributed by atoms with van der Waals surface area (Å²) in [4.78, 5) is 5.20. The van der Waals surface area contributed by atoms with Gasteiger partial charge in [-0.15, -0.1) is 0 Å². The molecule has 7 heteroatoms. The average Bonchev–Trinajstić information content (AvgIpc) is 2.98. The number of hydrogen-bond acceptors (Lipinski definition) is 4. The van der Waals surface area contributed by atoms with Gasteiger partial charge in [-0.2, -0.15) is 5.26 Å². The van der Waals surface area contributed by atoms with Crippen LogP contribution in [-0.2, 0) is 0 Å². The van der Waals surface area contributed by atoms with E-state index in [0.717, 1.165) is 21.4 Å². The van der Waals surface area contributed by atoms with Gasteiger partial charge in [0, 0.05) is 64.6 Å². The lowest BCUT2D eigenvalue weighted by molar-refractivity contribution is 0.603. The molecule has 23 heavy (non-hydrogen) atoms. The van der Waals surface area contributed by atoms with E-state index in [9.17, 15) is 4.39 Å². The van der Waals surface area contributed by atoms with Gasteiger partial charge in [0.05, 0.1) is 10.4 Å². The molecular weight excluding hydrogens is 444 g/mol. The van der Waals surface area contributed by atoms with Crippen LogP contribution in [0.1, 0.15) is 11.3 Å². The number of aromatic nitrogens is 2. The summed E-state index contributed by atoms with van der Waals surface area (Å²) >= 11 is 3.43. The molecule has 0 aliphatic carbocycles. The number of rotatable bonds is 4. The van der Waals surface area contributed by atoms with E-state index in [2.05, 4.69) is 32.8 Å².